The summed E-state index contributed by atoms with van der Waals surface area (Å²) in [5, 5.41) is 2.86. The highest BCUT2D eigenvalue weighted by atomic mass is 19.1. The Morgan fingerprint density at radius 1 is 1.12 bits per heavy atom. The van der Waals surface area contributed by atoms with Gasteiger partial charge in [0.1, 0.15) is 11.6 Å². The largest absolute Gasteiger partial charge is 0.379 e. The van der Waals surface area contributed by atoms with Gasteiger partial charge < -0.3 is 10.1 Å². The van der Waals surface area contributed by atoms with E-state index in [1.165, 1.54) is 18.2 Å². The van der Waals surface area contributed by atoms with E-state index in [9.17, 15) is 13.6 Å². The van der Waals surface area contributed by atoms with Crippen molar-refractivity contribution >= 4 is 5.91 Å². The molecule has 0 aromatic heterocycles. The molecule has 0 radical (unpaired) electrons. The lowest BCUT2D eigenvalue weighted by atomic mass is 10.0. The van der Waals surface area contributed by atoms with Gasteiger partial charge in [0.05, 0.1) is 25.7 Å². The fraction of sp³-hybridized carbons (Fsp3) is 0.350. The number of nitrogens with zero attached hydrogens (tertiary/aromatic N) is 1. The third kappa shape index (κ3) is 4.86. The van der Waals surface area contributed by atoms with Crippen molar-refractivity contribution in [2.45, 2.75) is 12.5 Å². The van der Waals surface area contributed by atoms with Gasteiger partial charge >= 0.3 is 0 Å². The molecule has 1 aliphatic heterocycles. The van der Waals surface area contributed by atoms with Crippen LogP contribution in [0.5, 0.6) is 0 Å². The maximum Gasteiger partial charge on any atom is 0.224 e. The highest BCUT2D eigenvalue weighted by Gasteiger charge is 2.23. The van der Waals surface area contributed by atoms with Crippen molar-refractivity contribution in [3.8, 4) is 0 Å². The number of nitrogens with one attached hydrogen (secondary N) is 1. The summed E-state index contributed by atoms with van der Waals surface area (Å²) in [5.74, 6) is -0.958. The van der Waals surface area contributed by atoms with Crippen molar-refractivity contribution in [1.29, 1.82) is 0 Å². The number of amides is 1. The van der Waals surface area contributed by atoms with Crippen LogP contribution in [0.4, 0.5) is 8.78 Å². The molecule has 26 heavy (non-hydrogen) atoms. The molecule has 1 unspecified atom stereocenters. The minimum Gasteiger partial charge on any atom is -0.379 e. The summed E-state index contributed by atoms with van der Waals surface area (Å²) < 4.78 is 32.7. The highest BCUT2D eigenvalue weighted by molar-refractivity contribution is 5.78. The van der Waals surface area contributed by atoms with E-state index in [1.807, 2.05) is 6.07 Å². The molecule has 1 heterocycles. The zero-order valence-corrected chi connectivity index (χ0v) is 14.5. The molecule has 1 amide bonds. The fourth-order valence-corrected chi connectivity index (χ4v) is 3.15. The minimum absolute atomic E-state index is 0.0222. The molecule has 0 spiro atoms. The summed E-state index contributed by atoms with van der Waals surface area (Å²) in [7, 11) is 0. The van der Waals surface area contributed by atoms with Crippen LogP contribution >= 0.6 is 0 Å². The van der Waals surface area contributed by atoms with Gasteiger partial charge in [-0.15, -0.1) is 0 Å². The second kappa shape index (κ2) is 8.87. The van der Waals surface area contributed by atoms with E-state index in [4.69, 9.17) is 4.74 Å². The lowest BCUT2D eigenvalue weighted by Gasteiger charge is -2.35. The number of benzene rings is 2. The van der Waals surface area contributed by atoms with E-state index in [-0.39, 0.29) is 24.2 Å². The van der Waals surface area contributed by atoms with E-state index in [2.05, 4.69) is 10.2 Å². The van der Waals surface area contributed by atoms with Crippen LogP contribution in [0.3, 0.4) is 0 Å². The molecule has 3 rings (SSSR count). The first kappa shape index (κ1) is 18.5. The summed E-state index contributed by atoms with van der Waals surface area (Å²) in [4.78, 5) is 14.4. The van der Waals surface area contributed by atoms with Gasteiger partial charge in [0.25, 0.3) is 0 Å². The Morgan fingerprint density at radius 3 is 2.62 bits per heavy atom. The van der Waals surface area contributed by atoms with E-state index < -0.39 is 5.82 Å². The smallest absolute Gasteiger partial charge is 0.224 e. The Labute approximate surface area is 151 Å². The van der Waals surface area contributed by atoms with Crippen LogP contribution in [0.25, 0.3) is 0 Å². The number of hydrogen-bond acceptors (Lipinski definition) is 3. The van der Waals surface area contributed by atoms with E-state index in [0.29, 0.717) is 38.4 Å². The van der Waals surface area contributed by atoms with Crippen molar-refractivity contribution in [3.63, 3.8) is 0 Å². The topological polar surface area (TPSA) is 41.6 Å². The number of ether oxygens (including phenoxy) is 1. The normalized spacial score (nSPS) is 16.2. The summed E-state index contributed by atoms with van der Waals surface area (Å²) in [6.45, 7) is 2.97. The van der Waals surface area contributed by atoms with Crippen LogP contribution in [0.15, 0.2) is 48.5 Å². The van der Waals surface area contributed by atoms with Gasteiger partial charge in [-0.25, -0.2) is 8.78 Å². The molecule has 6 heteroatoms. The molecule has 1 atom stereocenters. The Morgan fingerprint density at radius 2 is 1.88 bits per heavy atom. The SMILES string of the molecule is O=C(Cc1ccccc1F)NCC(c1cccc(F)c1)N1CCOCC1. The van der Waals surface area contributed by atoms with Gasteiger partial charge in [-0.3, -0.25) is 9.69 Å². The molecule has 2 aromatic rings. The van der Waals surface area contributed by atoms with Crippen LogP contribution in [0.1, 0.15) is 17.2 Å². The maximum atomic E-state index is 13.7. The highest BCUT2D eigenvalue weighted by Crippen LogP contribution is 2.22. The van der Waals surface area contributed by atoms with Crippen molar-refractivity contribution in [1.82, 2.24) is 10.2 Å². The molecule has 1 fully saturated rings. The number of carbonyl (C=O) groups is 1. The predicted molar refractivity (Wildman–Crippen MR) is 94.6 cm³/mol. The third-order valence-corrected chi connectivity index (χ3v) is 4.52. The van der Waals surface area contributed by atoms with E-state index in [0.717, 1.165) is 5.56 Å². The predicted octanol–water partition coefficient (Wildman–Crippen LogP) is 2.70. The van der Waals surface area contributed by atoms with Gasteiger partial charge in [0.2, 0.25) is 5.91 Å². The Hall–Kier alpha value is -2.31. The molecule has 1 N–H and O–H groups in total. The Balaban J connectivity index is 1.67. The monoisotopic (exact) mass is 360 g/mol. The van der Waals surface area contributed by atoms with Crippen LogP contribution < -0.4 is 5.32 Å². The van der Waals surface area contributed by atoms with Crippen LogP contribution in [-0.2, 0) is 16.0 Å². The molecule has 1 aliphatic rings. The number of halogens is 2. The molecule has 2 aromatic carbocycles. The van der Waals surface area contributed by atoms with Crippen LogP contribution in [0, 0.1) is 11.6 Å². The summed E-state index contributed by atoms with van der Waals surface area (Å²) in [6, 6.07) is 12.5. The number of hydrogen-bond donors (Lipinski definition) is 1. The van der Waals surface area contributed by atoms with Crippen molar-refractivity contribution in [2.24, 2.45) is 0 Å². The second-order valence-corrected chi connectivity index (χ2v) is 6.29. The molecule has 0 bridgehead atoms. The molecule has 0 aliphatic carbocycles. The van der Waals surface area contributed by atoms with Crippen molar-refractivity contribution in [3.05, 3.63) is 71.3 Å². The quantitative estimate of drug-likeness (QED) is 0.861. The summed E-state index contributed by atoms with van der Waals surface area (Å²) >= 11 is 0. The lowest BCUT2D eigenvalue weighted by Crippen LogP contribution is -2.44. The number of morpholine rings is 1. The zero-order chi connectivity index (χ0) is 18.4. The zero-order valence-electron chi connectivity index (χ0n) is 14.5. The molecule has 4 nitrogen and oxygen atoms in total. The first-order valence-electron chi connectivity index (χ1n) is 8.71. The Bertz CT molecular complexity index is 748. The number of rotatable bonds is 6. The molecule has 0 saturated carbocycles. The molecule has 138 valence electrons. The second-order valence-electron chi connectivity index (χ2n) is 6.29. The van der Waals surface area contributed by atoms with Gasteiger partial charge in [-0.2, -0.15) is 0 Å². The first-order chi connectivity index (χ1) is 12.6. The molecular weight excluding hydrogens is 338 g/mol. The van der Waals surface area contributed by atoms with Gasteiger partial charge in [0.15, 0.2) is 0 Å². The maximum absolute atomic E-state index is 13.7. The van der Waals surface area contributed by atoms with E-state index >= 15 is 0 Å². The van der Waals surface area contributed by atoms with Crippen molar-refractivity contribution < 1.29 is 18.3 Å². The van der Waals surface area contributed by atoms with Gasteiger partial charge in [0, 0.05) is 19.6 Å². The van der Waals surface area contributed by atoms with Gasteiger partial charge in [-0.05, 0) is 29.3 Å². The fourth-order valence-electron chi connectivity index (χ4n) is 3.15. The Kier molecular flexibility index (Phi) is 6.30. The summed E-state index contributed by atoms with van der Waals surface area (Å²) in [5.41, 5.74) is 1.16. The minimum atomic E-state index is -0.391. The summed E-state index contributed by atoms with van der Waals surface area (Å²) in [6.07, 6.45) is -0.0222. The van der Waals surface area contributed by atoms with Crippen LogP contribution in [0.2, 0.25) is 0 Å². The molecule has 1 saturated heterocycles. The third-order valence-electron chi connectivity index (χ3n) is 4.52. The number of carbonyl (C=O) groups excluding carboxylic acids is 1. The average Bonchev–Trinajstić information content (AvgIpc) is 2.65. The van der Waals surface area contributed by atoms with Crippen LogP contribution in [-0.4, -0.2) is 43.7 Å². The molecular formula is C20H22F2N2O2. The van der Waals surface area contributed by atoms with Crippen molar-refractivity contribution in [2.75, 3.05) is 32.8 Å². The van der Waals surface area contributed by atoms with E-state index in [1.54, 1.807) is 24.3 Å². The first-order valence-corrected chi connectivity index (χ1v) is 8.71. The standard InChI is InChI=1S/C20H22F2N2O2/c21-17-6-3-5-16(12-17)19(24-8-10-26-11-9-24)14-23-20(25)13-15-4-1-2-7-18(15)22/h1-7,12,19H,8-11,13-14H2,(H,23,25). The van der Waals surface area contributed by atoms with Gasteiger partial charge in [-0.1, -0.05) is 30.3 Å². The lowest BCUT2D eigenvalue weighted by molar-refractivity contribution is -0.120. The average molecular weight is 360 g/mol.